The van der Waals surface area contributed by atoms with Crippen LogP contribution in [0.2, 0.25) is 0 Å². The van der Waals surface area contributed by atoms with Crippen LogP contribution in [0.3, 0.4) is 0 Å². The van der Waals surface area contributed by atoms with Gasteiger partial charge in [0.2, 0.25) is 11.8 Å². The molecule has 144 valence electrons. The van der Waals surface area contributed by atoms with E-state index in [1.54, 1.807) is 0 Å². The van der Waals surface area contributed by atoms with Gasteiger partial charge in [-0.2, -0.15) is 0 Å². The average Bonchev–Trinajstić information content (AvgIpc) is 2.99. The highest BCUT2D eigenvalue weighted by Gasteiger charge is 2.33. The molecule has 2 aliphatic rings. The van der Waals surface area contributed by atoms with Gasteiger partial charge in [0.1, 0.15) is 11.5 Å². The Morgan fingerprint density at radius 1 is 1.19 bits per heavy atom. The number of hydrogen-bond acceptors (Lipinski definition) is 4. The summed E-state index contributed by atoms with van der Waals surface area (Å²) in [5.74, 6) is 2.39. The van der Waals surface area contributed by atoms with E-state index in [1.165, 1.54) is 6.42 Å². The molecule has 1 aliphatic carbocycles. The zero-order valence-electron chi connectivity index (χ0n) is 16.2. The van der Waals surface area contributed by atoms with Gasteiger partial charge in [-0.25, -0.2) is 0 Å². The molecule has 0 spiro atoms. The fourth-order valence-electron chi connectivity index (χ4n) is 3.79. The summed E-state index contributed by atoms with van der Waals surface area (Å²) in [6.45, 7) is 3.87. The Hall–Kier alpha value is -1.82. The van der Waals surface area contributed by atoms with E-state index < -0.39 is 0 Å². The molecule has 2 heterocycles. The molecule has 1 N–H and O–H groups in total. The fraction of sp³-hybridized carbons (Fsp3) is 0.700. The molecule has 1 unspecified atom stereocenters. The molecule has 2 amide bonds. The first kappa shape index (κ1) is 19.0. The second-order valence-corrected chi connectivity index (χ2v) is 7.90. The molecule has 26 heavy (non-hydrogen) atoms. The largest absolute Gasteiger partial charge is 0.465 e. The van der Waals surface area contributed by atoms with Gasteiger partial charge < -0.3 is 14.6 Å². The van der Waals surface area contributed by atoms with Crippen molar-refractivity contribution < 1.29 is 14.0 Å². The number of likely N-dealkylation sites (tertiary alicyclic amines) is 1. The van der Waals surface area contributed by atoms with Gasteiger partial charge in [-0.3, -0.25) is 14.5 Å². The minimum atomic E-state index is 0.00147. The van der Waals surface area contributed by atoms with E-state index in [0.29, 0.717) is 25.5 Å². The molecular formula is C20H31N3O3. The van der Waals surface area contributed by atoms with Crippen LogP contribution < -0.4 is 5.32 Å². The van der Waals surface area contributed by atoms with Crippen molar-refractivity contribution in [3.05, 3.63) is 23.7 Å². The number of carbonyl (C=O) groups is 2. The van der Waals surface area contributed by atoms with Crippen LogP contribution in [0.1, 0.15) is 49.7 Å². The number of hydrogen-bond donors (Lipinski definition) is 1. The average molecular weight is 361 g/mol. The smallest absolute Gasteiger partial charge is 0.225 e. The van der Waals surface area contributed by atoms with Crippen molar-refractivity contribution in [1.29, 1.82) is 0 Å². The first-order valence-electron chi connectivity index (χ1n) is 9.75. The van der Waals surface area contributed by atoms with Crippen molar-refractivity contribution in [2.45, 2.75) is 45.1 Å². The Labute approximate surface area is 155 Å². The Morgan fingerprint density at radius 3 is 2.38 bits per heavy atom. The molecule has 1 aliphatic heterocycles. The standard InChI is InChI=1S/C20H31N3O3/c1-14-7-8-18(26-14)17(22(2)3)13-21-19(24)15-9-11-23(12-10-15)20(25)16-5-4-6-16/h7-8,15-17H,4-6,9-13H2,1-3H3,(H,21,24). The third-order valence-electron chi connectivity index (χ3n) is 5.81. The first-order chi connectivity index (χ1) is 12.5. The third-order valence-corrected chi connectivity index (χ3v) is 5.81. The van der Waals surface area contributed by atoms with Crippen molar-refractivity contribution in [2.75, 3.05) is 33.7 Å². The molecule has 0 bridgehead atoms. The van der Waals surface area contributed by atoms with Crippen LogP contribution in [-0.2, 0) is 9.59 Å². The monoisotopic (exact) mass is 361 g/mol. The van der Waals surface area contributed by atoms with Crippen molar-refractivity contribution in [3.63, 3.8) is 0 Å². The molecule has 1 atom stereocenters. The van der Waals surface area contributed by atoms with Gasteiger partial charge in [0.25, 0.3) is 0 Å². The van der Waals surface area contributed by atoms with Crippen molar-refractivity contribution in [3.8, 4) is 0 Å². The van der Waals surface area contributed by atoms with Crippen LogP contribution in [0, 0.1) is 18.8 Å². The van der Waals surface area contributed by atoms with E-state index in [1.807, 2.05) is 38.1 Å². The minimum absolute atomic E-state index is 0.00147. The summed E-state index contributed by atoms with van der Waals surface area (Å²) < 4.78 is 5.73. The first-order valence-corrected chi connectivity index (χ1v) is 9.75. The number of furan rings is 1. The molecule has 1 aromatic rings. The topological polar surface area (TPSA) is 65.8 Å². The molecular weight excluding hydrogens is 330 g/mol. The number of nitrogens with one attached hydrogen (secondary N) is 1. The van der Waals surface area contributed by atoms with Crippen LogP contribution in [0.15, 0.2) is 16.5 Å². The summed E-state index contributed by atoms with van der Waals surface area (Å²) in [6.07, 6.45) is 4.78. The van der Waals surface area contributed by atoms with Crippen LogP contribution in [0.4, 0.5) is 0 Å². The molecule has 6 heteroatoms. The third kappa shape index (κ3) is 4.29. The summed E-state index contributed by atoms with van der Waals surface area (Å²) in [5, 5.41) is 3.09. The highest BCUT2D eigenvalue weighted by molar-refractivity contribution is 5.81. The molecule has 3 rings (SSSR count). The van der Waals surface area contributed by atoms with Crippen LogP contribution >= 0.6 is 0 Å². The molecule has 2 fully saturated rings. The second-order valence-electron chi connectivity index (χ2n) is 7.90. The normalized spacial score (nSPS) is 20.1. The van der Waals surface area contributed by atoms with Gasteiger partial charge in [-0.15, -0.1) is 0 Å². The van der Waals surface area contributed by atoms with E-state index in [-0.39, 0.29) is 23.8 Å². The van der Waals surface area contributed by atoms with Gasteiger partial charge >= 0.3 is 0 Å². The fourth-order valence-corrected chi connectivity index (χ4v) is 3.79. The highest BCUT2D eigenvalue weighted by atomic mass is 16.3. The van der Waals surface area contributed by atoms with Crippen LogP contribution in [0.5, 0.6) is 0 Å². The Morgan fingerprint density at radius 2 is 1.88 bits per heavy atom. The lowest BCUT2D eigenvalue weighted by atomic mass is 9.83. The summed E-state index contributed by atoms with van der Waals surface area (Å²) in [5.41, 5.74) is 0. The van der Waals surface area contributed by atoms with Crippen LogP contribution in [-0.4, -0.2) is 55.3 Å². The molecule has 1 saturated carbocycles. The maximum absolute atomic E-state index is 12.6. The number of carbonyl (C=O) groups excluding carboxylic acids is 2. The lowest BCUT2D eigenvalue weighted by Gasteiger charge is -2.36. The number of aryl methyl sites for hydroxylation is 1. The SMILES string of the molecule is Cc1ccc(C(CNC(=O)C2CCN(C(=O)C3CCC3)CC2)N(C)C)o1. The zero-order chi connectivity index (χ0) is 18.7. The molecule has 0 radical (unpaired) electrons. The van der Waals surface area contributed by atoms with Gasteiger partial charge in [0.05, 0.1) is 6.04 Å². The van der Waals surface area contributed by atoms with Crippen molar-refractivity contribution in [2.24, 2.45) is 11.8 Å². The predicted molar refractivity (Wildman–Crippen MR) is 99.5 cm³/mol. The number of amides is 2. The molecule has 0 aromatic carbocycles. The lowest BCUT2D eigenvalue weighted by Crippen LogP contribution is -2.46. The van der Waals surface area contributed by atoms with Crippen LogP contribution in [0.25, 0.3) is 0 Å². The predicted octanol–water partition coefficient (Wildman–Crippen LogP) is 2.35. The maximum atomic E-state index is 12.6. The van der Waals surface area contributed by atoms with Gasteiger partial charge in [0, 0.05) is 31.5 Å². The second kappa shape index (κ2) is 8.25. The zero-order valence-corrected chi connectivity index (χ0v) is 16.2. The molecule has 6 nitrogen and oxygen atoms in total. The maximum Gasteiger partial charge on any atom is 0.225 e. The Kier molecular flexibility index (Phi) is 6.01. The molecule has 1 saturated heterocycles. The highest BCUT2D eigenvalue weighted by Crippen LogP contribution is 2.30. The van der Waals surface area contributed by atoms with Crippen molar-refractivity contribution >= 4 is 11.8 Å². The van der Waals surface area contributed by atoms with E-state index >= 15 is 0 Å². The summed E-state index contributed by atoms with van der Waals surface area (Å²) >= 11 is 0. The molecule has 1 aromatic heterocycles. The lowest BCUT2D eigenvalue weighted by molar-refractivity contribution is -0.141. The number of likely N-dealkylation sites (N-methyl/N-ethyl adjacent to an activating group) is 1. The summed E-state index contributed by atoms with van der Waals surface area (Å²) in [6, 6.07) is 3.94. The van der Waals surface area contributed by atoms with E-state index in [2.05, 4.69) is 10.2 Å². The Bertz CT molecular complexity index is 628. The van der Waals surface area contributed by atoms with Gasteiger partial charge in [0.15, 0.2) is 0 Å². The number of piperidine rings is 1. The Balaban J connectivity index is 1.47. The van der Waals surface area contributed by atoms with E-state index in [0.717, 1.165) is 37.2 Å². The van der Waals surface area contributed by atoms with E-state index in [4.69, 9.17) is 4.42 Å². The van der Waals surface area contributed by atoms with Gasteiger partial charge in [-0.1, -0.05) is 6.42 Å². The quantitative estimate of drug-likeness (QED) is 0.845. The summed E-state index contributed by atoms with van der Waals surface area (Å²) in [7, 11) is 3.97. The number of nitrogens with zero attached hydrogens (tertiary/aromatic N) is 2. The van der Waals surface area contributed by atoms with Gasteiger partial charge in [-0.05, 0) is 58.8 Å². The van der Waals surface area contributed by atoms with Crippen molar-refractivity contribution in [1.82, 2.24) is 15.1 Å². The summed E-state index contributed by atoms with van der Waals surface area (Å²) in [4.78, 5) is 28.9. The minimum Gasteiger partial charge on any atom is -0.465 e. The van der Waals surface area contributed by atoms with E-state index in [9.17, 15) is 9.59 Å². The number of rotatable bonds is 6.